The topological polar surface area (TPSA) is 0 Å². The summed E-state index contributed by atoms with van der Waals surface area (Å²) in [6.07, 6.45) is 13.1. The second-order valence-corrected chi connectivity index (χ2v) is 8.52. The molecule has 0 heterocycles. The van der Waals surface area contributed by atoms with Gasteiger partial charge in [-0.2, -0.15) is 0 Å². The van der Waals surface area contributed by atoms with Crippen LogP contribution in [0, 0.1) is 13.8 Å². The van der Waals surface area contributed by atoms with E-state index in [0.717, 1.165) is 0 Å². The Morgan fingerprint density at radius 1 is 0.536 bits per heavy atom. The van der Waals surface area contributed by atoms with Crippen LogP contribution < -0.4 is 0 Å². The fraction of sp³-hybridized carbons (Fsp3) is 0.154. The van der Waals surface area contributed by atoms with E-state index in [1.54, 1.807) is 23.5 Å². The highest BCUT2D eigenvalue weighted by atomic mass is 32.2. The first kappa shape index (κ1) is 20.6. The molecule has 0 spiro atoms. The highest BCUT2D eigenvalue weighted by Gasteiger charge is 2.06. The van der Waals surface area contributed by atoms with Gasteiger partial charge in [-0.05, 0) is 60.7 Å². The number of rotatable bonds is 6. The highest BCUT2D eigenvalue weighted by molar-refractivity contribution is 7.99. The third-order valence-electron chi connectivity index (χ3n) is 4.65. The highest BCUT2D eigenvalue weighted by Crippen LogP contribution is 2.32. The molecular formula is C26H26S2. The molecule has 142 valence electrons. The lowest BCUT2D eigenvalue weighted by Gasteiger charge is -2.10. The van der Waals surface area contributed by atoms with E-state index in [0.29, 0.717) is 0 Å². The summed E-state index contributed by atoms with van der Waals surface area (Å²) in [6.45, 7) is 4.24. The minimum absolute atomic E-state index is 1.23. The van der Waals surface area contributed by atoms with Gasteiger partial charge in [0.1, 0.15) is 0 Å². The summed E-state index contributed by atoms with van der Waals surface area (Å²) in [5.74, 6) is 0. The van der Waals surface area contributed by atoms with Crippen molar-refractivity contribution in [1.82, 2.24) is 0 Å². The molecule has 28 heavy (non-hydrogen) atoms. The zero-order valence-electron chi connectivity index (χ0n) is 16.9. The van der Waals surface area contributed by atoms with Gasteiger partial charge >= 0.3 is 0 Å². The Morgan fingerprint density at radius 3 is 1.21 bits per heavy atom. The van der Waals surface area contributed by atoms with Gasteiger partial charge in [0.15, 0.2) is 0 Å². The molecule has 0 aromatic heterocycles. The maximum absolute atomic E-state index is 2.30. The van der Waals surface area contributed by atoms with E-state index in [4.69, 9.17) is 0 Å². The molecule has 0 aliphatic heterocycles. The second kappa shape index (κ2) is 9.86. The summed E-state index contributed by atoms with van der Waals surface area (Å²) < 4.78 is 0. The Morgan fingerprint density at radius 2 is 0.893 bits per heavy atom. The Labute approximate surface area is 177 Å². The van der Waals surface area contributed by atoms with Crippen LogP contribution in [0.5, 0.6) is 0 Å². The van der Waals surface area contributed by atoms with Gasteiger partial charge in [-0.25, -0.2) is 0 Å². The van der Waals surface area contributed by atoms with E-state index in [1.165, 1.54) is 43.2 Å². The minimum atomic E-state index is 1.23. The number of aryl methyl sites for hydroxylation is 2. The van der Waals surface area contributed by atoms with Gasteiger partial charge in [-0.15, -0.1) is 23.5 Å². The summed E-state index contributed by atoms with van der Waals surface area (Å²) >= 11 is 3.59. The number of hydrogen-bond donors (Lipinski definition) is 0. The minimum Gasteiger partial charge on any atom is -0.129 e. The van der Waals surface area contributed by atoms with Crippen molar-refractivity contribution in [3.63, 3.8) is 0 Å². The third-order valence-corrected chi connectivity index (χ3v) is 6.23. The molecule has 3 aromatic rings. The van der Waals surface area contributed by atoms with Gasteiger partial charge < -0.3 is 0 Å². The Hall–Kier alpha value is -2.16. The van der Waals surface area contributed by atoms with Crippen LogP contribution in [0.2, 0.25) is 0 Å². The Balaban J connectivity index is 1.90. The number of benzene rings is 3. The predicted molar refractivity (Wildman–Crippen MR) is 130 cm³/mol. The monoisotopic (exact) mass is 402 g/mol. The Kier molecular flexibility index (Phi) is 7.24. The van der Waals surface area contributed by atoms with Crippen LogP contribution in [0.15, 0.2) is 70.5 Å². The van der Waals surface area contributed by atoms with Crippen molar-refractivity contribution in [2.45, 2.75) is 23.6 Å². The predicted octanol–water partition coefficient (Wildman–Crippen LogP) is 8.09. The molecule has 0 aliphatic rings. The van der Waals surface area contributed by atoms with Crippen LogP contribution in [0.4, 0.5) is 0 Å². The zero-order chi connectivity index (χ0) is 19.9. The van der Waals surface area contributed by atoms with Crippen molar-refractivity contribution >= 4 is 47.8 Å². The molecule has 3 aromatic carbocycles. The zero-order valence-corrected chi connectivity index (χ0v) is 18.5. The normalized spacial score (nSPS) is 11.6. The maximum Gasteiger partial charge on any atom is 0.0148 e. The molecule has 0 fully saturated rings. The van der Waals surface area contributed by atoms with Crippen molar-refractivity contribution in [3.8, 4) is 0 Å². The summed E-state index contributed by atoms with van der Waals surface area (Å²) in [7, 11) is 0. The number of thioether (sulfide) groups is 2. The lowest BCUT2D eigenvalue weighted by Crippen LogP contribution is -1.87. The first-order valence-corrected chi connectivity index (χ1v) is 11.8. The van der Waals surface area contributed by atoms with E-state index in [1.807, 2.05) is 0 Å². The maximum atomic E-state index is 2.30. The average molecular weight is 403 g/mol. The molecular weight excluding hydrogens is 376 g/mol. The molecule has 0 radical (unpaired) electrons. The molecule has 0 saturated heterocycles. The van der Waals surface area contributed by atoms with Crippen molar-refractivity contribution in [3.05, 3.63) is 94.0 Å². The summed E-state index contributed by atoms with van der Waals surface area (Å²) in [5, 5.41) is 0. The van der Waals surface area contributed by atoms with Crippen LogP contribution in [-0.2, 0) is 0 Å². The van der Waals surface area contributed by atoms with Crippen LogP contribution in [-0.4, -0.2) is 12.5 Å². The Bertz CT molecular complexity index is 895. The molecule has 3 rings (SSSR count). The molecule has 0 saturated carbocycles. The fourth-order valence-corrected chi connectivity index (χ4v) is 4.15. The molecule has 0 unspecified atom stereocenters. The number of hydrogen-bond acceptors (Lipinski definition) is 2. The first-order chi connectivity index (χ1) is 13.6. The van der Waals surface area contributed by atoms with Gasteiger partial charge in [-0.1, -0.05) is 84.0 Å². The van der Waals surface area contributed by atoms with E-state index >= 15 is 0 Å². The van der Waals surface area contributed by atoms with Gasteiger partial charge in [0.2, 0.25) is 0 Å². The van der Waals surface area contributed by atoms with E-state index in [2.05, 4.69) is 111 Å². The van der Waals surface area contributed by atoms with Gasteiger partial charge in [0, 0.05) is 9.79 Å². The van der Waals surface area contributed by atoms with Crippen molar-refractivity contribution in [2.24, 2.45) is 0 Å². The smallest absolute Gasteiger partial charge is 0.0148 e. The quantitative estimate of drug-likeness (QED) is 0.302. The van der Waals surface area contributed by atoms with Crippen LogP contribution >= 0.6 is 23.5 Å². The summed E-state index contributed by atoms with van der Waals surface area (Å²) in [4.78, 5) is 2.59. The van der Waals surface area contributed by atoms with E-state index < -0.39 is 0 Å². The standard InChI is InChI=1S/C26H26S2/c1-19-5-9-21(10-6-19)13-15-23-17-26(28-4)24(18-25(23)27-3)16-14-22-11-7-20(2)8-12-22/h5-18H,1-4H3. The molecule has 0 amide bonds. The molecule has 2 heteroatoms. The van der Waals surface area contributed by atoms with E-state index in [9.17, 15) is 0 Å². The van der Waals surface area contributed by atoms with Crippen LogP contribution in [0.25, 0.3) is 24.3 Å². The molecule has 0 N–H and O–H groups in total. The molecule has 0 nitrogen and oxygen atoms in total. The van der Waals surface area contributed by atoms with Crippen LogP contribution in [0.3, 0.4) is 0 Å². The molecule has 0 atom stereocenters. The van der Waals surface area contributed by atoms with Crippen molar-refractivity contribution in [2.75, 3.05) is 12.5 Å². The van der Waals surface area contributed by atoms with Gasteiger partial charge in [-0.3, -0.25) is 0 Å². The molecule has 0 aliphatic carbocycles. The lowest BCUT2D eigenvalue weighted by molar-refractivity contribution is 1.31. The molecule has 0 bridgehead atoms. The van der Waals surface area contributed by atoms with Crippen LogP contribution in [0.1, 0.15) is 33.4 Å². The lowest BCUT2D eigenvalue weighted by atomic mass is 10.1. The van der Waals surface area contributed by atoms with Crippen molar-refractivity contribution in [1.29, 1.82) is 0 Å². The SMILES string of the molecule is CSc1cc(C=Cc2ccc(C)cc2)c(SC)cc1C=Cc1ccc(C)cc1. The van der Waals surface area contributed by atoms with Gasteiger partial charge in [0.25, 0.3) is 0 Å². The summed E-state index contributed by atoms with van der Waals surface area (Å²) in [5.41, 5.74) is 7.57. The first-order valence-electron chi connectivity index (χ1n) is 9.34. The fourth-order valence-electron chi connectivity index (χ4n) is 2.93. The average Bonchev–Trinajstić information content (AvgIpc) is 2.72. The second-order valence-electron chi connectivity index (χ2n) is 6.82. The van der Waals surface area contributed by atoms with Gasteiger partial charge in [0.05, 0.1) is 0 Å². The largest absolute Gasteiger partial charge is 0.129 e. The van der Waals surface area contributed by atoms with Crippen molar-refractivity contribution < 1.29 is 0 Å². The third kappa shape index (κ3) is 5.43. The summed E-state index contributed by atoms with van der Waals surface area (Å²) in [6, 6.07) is 21.9. The van der Waals surface area contributed by atoms with E-state index in [-0.39, 0.29) is 0 Å².